The van der Waals surface area contributed by atoms with Gasteiger partial charge < -0.3 is 10.2 Å². The Morgan fingerprint density at radius 2 is 0.714 bits per heavy atom. The average molecular weight is 674 g/mol. The van der Waals surface area contributed by atoms with Crippen molar-refractivity contribution in [1.29, 1.82) is 0 Å². The van der Waals surface area contributed by atoms with Crippen molar-refractivity contribution in [3.8, 4) is 0 Å². The van der Waals surface area contributed by atoms with E-state index in [2.05, 4.69) is 0 Å². The Balaban J connectivity index is 7.34. The summed E-state index contributed by atoms with van der Waals surface area (Å²) in [4.78, 5) is 21.4. The second-order valence-corrected chi connectivity index (χ2v) is 7.75. The SMILES string of the molecule is CC(=CC(=CC(F)(F)C(F)(F)C(F)(F)C(F)(F)C(F)(F)C(F)(F)C(F)(F)C(F)(F)C(F)(F)C(F)(F)F)C(=O)O)C(=O)O. The summed E-state index contributed by atoms with van der Waals surface area (Å²) in [5, 5.41) is 17.1. The van der Waals surface area contributed by atoms with Crippen LogP contribution in [-0.2, 0) is 9.59 Å². The molecular weight excluding hydrogens is 667 g/mol. The van der Waals surface area contributed by atoms with Crippen molar-refractivity contribution >= 4 is 11.9 Å². The number of alkyl halides is 21. The van der Waals surface area contributed by atoms with Crippen LogP contribution in [0.3, 0.4) is 0 Å². The Morgan fingerprint density at radius 1 is 0.452 bits per heavy atom. The number of hydrogen-bond acceptors (Lipinski definition) is 2. The maximum atomic E-state index is 13.9. The fourth-order valence-electron chi connectivity index (χ4n) is 2.32. The van der Waals surface area contributed by atoms with E-state index in [9.17, 15) is 102 Å². The third-order valence-electron chi connectivity index (χ3n) is 4.83. The van der Waals surface area contributed by atoms with Crippen LogP contribution in [0.25, 0.3) is 0 Å². The Labute approximate surface area is 215 Å². The van der Waals surface area contributed by atoms with Gasteiger partial charge in [0.1, 0.15) is 0 Å². The zero-order valence-corrected chi connectivity index (χ0v) is 18.8. The predicted molar refractivity (Wildman–Crippen MR) is 87.7 cm³/mol. The molecule has 0 atom stereocenters. The number of rotatable bonds is 12. The number of hydrogen-bond donors (Lipinski definition) is 2. The van der Waals surface area contributed by atoms with E-state index in [-0.39, 0.29) is 0 Å². The molecule has 0 aliphatic heterocycles. The molecule has 4 nitrogen and oxygen atoms in total. The van der Waals surface area contributed by atoms with Gasteiger partial charge in [-0.2, -0.15) is 92.2 Å². The fourth-order valence-corrected chi connectivity index (χ4v) is 2.32. The van der Waals surface area contributed by atoms with Gasteiger partial charge in [-0.05, 0) is 13.0 Å². The Kier molecular flexibility index (Phi) is 9.55. The molecule has 0 saturated carbocycles. The van der Waals surface area contributed by atoms with Crippen LogP contribution in [-0.4, -0.2) is 81.6 Å². The molecule has 0 bridgehead atoms. The molecule has 0 spiro atoms. The summed E-state index contributed by atoms with van der Waals surface area (Å²) in [5.41, 5.74) is -3.97. The van der Waals surface area contributed by atoms with Gasteiger partial charge in [-0.1, -0.05) is 0 Å². The highest BCUT2D eigenvalue weighted by Crippen LogP contribution is 2.66. The second-order valence-electron chi connectivity index (χ2n) is 7.75. The predicted octanol–water partition coefficient (Wildman–Crippen LogP) is 7.31. The lowest BCUT2D eigenvalue weighted by Crippen LogP contribution is -2.76. The molecule has 0 fully saturated rings. The van der Waals surface area contributed by atoms with E-state index in [1.54, 1.807) is 0 Å². The highest BCUT2D eigenvalue weighted by atomic mass is 19.4. The van der Waals surface area contributed by atoms with Gasteiger partial charge in [0.25, 0.3) is 0 Å². The number of carboxylic acid groups (broad SMARTS) is 2. The van der Waals surface area contributed by atoms with E-state index in [0.29, 0.717) is 6.92 Å². The third-order valence-corrected chi connectivity index (χ3v) is 4.83. The van der Waals surface area contributed by atoms with Gasteiger partial charge in [-0.15, -0.1) is 0 Å². The minimum Gasteiger partial charge on any atom is -0.478 e. The minimum atomic E-state index is -9.34. The molecule has 246 valence electrons. The first-order valence-electron chi connectivity index (χ1n) is 9.23. The van der Waals surface area contributed by atoms with Crippen molar-refractivity contribution in [2.45, 2.75) is 66.4 Å². The van der Waals surface area contributed by atoms with Crippen LogP contribution in [0.4, 0.5) is 92.2 Å². The van der Waals surface area contributed by atoms with E-state index >= 15 is 0 Å². The Hall–Kier alpha value is -3.05. The second kappa shape index (κ2) is 10.3. The third kappa shape index (κ3) is 5.30. The topological polar surface area (TPSA) is 74.6 Å². The first kappa shape index (κ1) is 38.9. The van der Waals surface area contributed by atoms with E-state index in [4.69, 9.17) is 10.2 Å². The minimum absolute atomic E-state index is 0.291. The molecule has 0 unspecified atom stereocenters. The fraction of sp³-hybridized carbons (Fsp3) is 0.647. The number of aliphatic carboxylic acids is 2. The van der Waals surface area contributed by atoms with Crippen LogP contribution < -0.4 is 0 Å². The van der Waals surface area contributed by atoms with Crippen LogP contribution in [0.15, 0.2) is 23.3 Å². The number of allylic oxidation sites excluding steroid dienone is 1. The largest absolute Gasteiger partial charge is 0.478 e. The molecule has 0 aromatic carbocycles. The van der Waals surface area contributed by atoms with E-state index in [0.717, 1.165) is 0 Å². The molecule has 0 aliphatic rings. The van der Waals surface area contributed by atoms with Crippen LogP contribution in [0, 0.1) is 0 Å². The van der Waals surface area contributed by atoms with Crippen molar-refractivity contribution < 1.29 is 112 Å². The van der Waals surface area contributed by atoms with Crippen molar-refractivity contribution in [3.05, 3.63) is 23.3 Å². The number of carbonyl (C=O) groups is 2. The van der Waals surface area contributed by atoms with Crippen LogP contribution in [0.5, 0.6) is 0 Å². The lowest BCUT2D eigenvalue weighted by Gasteiger charge is -2.44. The van der Waals surface area contributed by atoms with Gasteiger partial charge in [0, 0.05) is 11.6 Å². The van der Waals surface area contributed by atoms with E-state index in [1.807, 2.05) is 0 Å². The normalized spacial score (nSPS) is 16.5. The van der Waals surface area contributed by atoms with Crippen LogP contribution in [0.1, 0.15) is 6.92 Å². The zero-order chi connectivity index (χ0) is 34.7. The Morgan fingerprint density at radius 3 is 0.952 bits per heavy atom. The molecule has 2 N–H and O–H groups in total. The van der Waals surface area contributed by atoms with Crippen LogP contribution in [0.2, 0.25) is 0 Å². The maximum Gasteiger partial charge on any atom is 0.460 e. The molecule has 0 aromatic rings. The number of carboxylic acids is 2. The van der Waals surface area contributed by atoms with Gasteiger partial charge in [0.2, 0.25) is 0 Å². The van der Waals surface area contributed by atoms with Crippen LogP contribution >= 0.6 is 0 Å². The molecule has 42 heavy (non-hydrogen) atoms. The van der Waals surface area contributed by atoms with E-state index < -0.39 is 94.7 Å². The van der Waals surface area contributed by atoms with Gasteiger partial charge in [-0.25, -0.2) is 9.59 Å². The summed E-state index contributed by atoms with van der Waals surface area (Å²) in [7, 11) is 0. The molecule has 25 heteroatoms. The van der Waals surface area contributed by atoms with Crippen molar-refractivity contribution in [2.24, 2.45) is 0 Å². The summed E-state index contributed by atoms with van der Waals surface area (Å²) >= 11 is 0. The van der Waals surface area contributed by atoms with Crippen molar-refractivity contribution in [3.63, 3.8) is 0 Å². The lowest BCUT2D eigenvalue weighted by molar-refractivity contribution is -0.473. The van der Waals surface area contributed by atoms with Gasteiger partial charge in [-0.3, -0.25) is 0 Å². The quantitative estimate of drug-likeness (QED) is 0.130. The summed E-state index contributed by atoms with van der Waals surface area (Å²) in [6, 6.07) is 0. The molecule has 0 heterocycles. The molecular formula is C17H7F21O4. The maximum absolute atomic E-state index is 13.9. The zero-order valence-electron chi connectivity index (χ0n) is 18.8. The molecule has 0 radical (unpaired) electrons. The molecule has 0 amide bonds. The standard InChI is InChI=1S/C17H7F21O4/c1-4(6(39)40)2-5(7(41)42)3-8(18,19)9(20,21)10(22,23)11(24,25)12(26,27)13(28,29)14(30,31)15(32,33)16(34,35)17(36,37)38/h2-3H,1H3,(H,39,40)(H,41,42). The first-order valence-corrected chi connectivity index (χ1v) is 9.23. The smallest absolute Gasteiger partial charge is 0.460 e. The van der Waals surface area contributed by atoms with Gasteiger partial charge in [0.15, 0.2) is 0 Å². The summed E-state index contributed by atoms with van der Waals surface area (Å²) < 4.78 is 280. The average Bonchev–Trinajstić information content (AvgIpc) is 2.76. The lowest BCUT2D eigenvalue weighted by atomic mass is 9.86. The van der Waals surface area contributed by atoms with Crippen molar-refractivity contribution in [1.82, 2.24) is 0 Å². The van der Waals surface area contributed by atoms with Gasteiger partial charge >= 0.3 is 71.4 Å². The molecule has 0 aromatic heterocycles. The molecule has 0 saturated heterocycles. The molecule has 0 rings (SSSR count). The van der Waals surface area contributed by atoms with Crippen molar-refractivity contribution in [2.75, 3.05) is 0 Å². The highest BCUT2D eigenvalue weighted by molar-refractivity contribution is 5.94. The summed E-state index contributed by atoms with van der Waals surface area (Å²) in [6.45, 7) is 0.291. The van der Waals surface area contributed by atoms with Gasteiger partial charge in [0.05, 0.1) is 5.57 Å². The first-order chi connectivity index (χ1) is 17.9. The molecule has 0 aliphatic carbocycles. The monoisotopic (exact) mass is 674 g/mol. The summed E-state index contributed by atoms with van der Waals surface area (Å²) in [5.74, 6) is -84.5. The highest BCUT2D eigenvalue weighted by Gasteiger charge is 2.97. The number of halogens is 21. The summed E-state index contributed by atoms with van der Waals surface area (Å²) in [6.07, 6.45) is -10.7. The van der Waals surface area contributed by atoms with E-state index in [1.165, 1.54) is 0 Å². The Bertz CT molecular complexity index is 1130.